The average molecular weight is 271 g/mol. The summed E-state index contributed by atoms with van der Waals surface area (Å²) in [7, 11) is 0. The van der Waals surface area contributed by atoms with Gasteiger partial charge in [-0.2, -0.15) is 0 Å². The van der Waals surface area contributed by atoms with E-state index in [-0.39, 0.29) is 0 Å². The normalized spacial score (nSPS) is 15.9. The first-order valence-corrected chi connectivity index (χ1v) is 7.23. The third-order valence-electron chi connectivity index (χ3n) is 4.10. The fourth-order valence-corrected chi connectivity index (χ4v) is 2.97. The van der Waals surface area contributed by atoms with E-state index in [4.69, 9.17) is 5.73 Å². The second kappa shape index (κ2) is 5.29. The summed E-state index contributed by atoms with van der Waals surface area (Å²) < 4.78 is 2.18. The first-order valence-electron chi connectivity index (χ1n) is 7.23. The predicted octanol–water partition coefficient (Wildman–Crippen LogP) is 2.39. The van der Waals surface area contributed by atoms with Crippen LogP contribution in [0.5, 0.6) is 0 Å². The molecule has 0 radical (unpaired) electrons. The number of anilines is 1. The quantitative estimate of drug-likeness (QED) is 0.842. The monoisotopic (exact) mass is 271 g/mol. The number of rotatable bonds is 3. The van der Waals surface area contributed by atoms with Gasteiger partial charge in [-0.25, -0.2) is 4.98 Å². The van der Waals surface area contributed by atoms with Crippen molar-refractivity contribution in [1.29, 1.82) is 0 Å². The lowest BCUT2D eigenvalue weighted by Crippen LogP contribution is -2.14. The van der Waals surface area contributed by atoms with Gasteiger partial charge in [-0.05, 0) is 50.3 Å². The van der Waals surface area contributed by atoms with E-state index in [0.29, 0.717) is 6.54 Å². The van der Waals surface area contributed by atoms with Crippen LogP contribution in [-0.2, 0) is 19.4 Å². The first-order chi connectivity index (χ1) is 9.65. The molecule has 3 N–H and O–H groups in total. The third kappa shape index (κ3) is 2.43. The highest BCUT2D eigenvalue weighted by Gasteiger charge is 2.20. The third-order valence-corrected chi connectivity index (χ3v) is 4.10. The largest absolute Gasteiger partial charge is 0.399 e. The van der Waals surface area contributed by atoms with Gasteiger partial charge in [-0.15, -0.1) is 0 Å². The van der Waals surface area contributed by atoms with Crippen molar-refractivity contribution in [3.05, 3.63) is 47.0 Å². The fraction of sp³-hybridized carbons (Fsp3) is 0.438. The minimum atomic E-state index is -0.519. The molecule has 1 aliphatic carbocycles. The maximum atomic E-state index is 10.4. The van der Waals surface area contributed by atoms with E-state index < -0.39 is 6.10 Å². The van der Waals surface area contributed by atoms with Gasteiger partial charge in [0.05, 0.1) is 18.3 Å². The number of hydrogen-bond donors (Lipinski definition) is 2. The molecule has 106 valence electrons. The number of aryl methyl sites for hydroxylation is 2. The molecule has 0 bridgehead atoms. The molecule has 0 amide bonds. The Morgan fingerprint density at radius 3 is 2.70 bits per heavy atom. The Morgan fingerprint density at radius 1 is 1.25 bits per heavy atom. The number of aliphatic hydroxyl groups excluding tert-OH is 1. The van der Waals surface area contributed by atoms with E-state index >= 15 is 0 Å². The molecule has 1 aromatic carbocycles. The molecule has 1 aliphatic rings. The maximum absolute atomic E-state index is 10.4. The molecule has 1 unspecified atom stereocenters. The second-order valence-corrected chi connectivity index (χ2v) is 5.55. The summed E-state index contributed by atoms with van der Waals surface area (Å²) in [6.07, 6.45) is 4.07. The number of hydrogen-bond acceptors (Lipinski definition) is 3. The van der Waals surface area contributed by atoms with Crippen LogP contribution in [0.4, 0.5) is 5.69 Å². The Kier molecular flexibility index (Phi) is 3.49. The summed E-state index contributed by atoms with van der Waals surface area (Å²) in [5, 5.41) is 10.4. The number of nitrogens with two attached hydrogens (primary N) is 1. The lowest BCUT2D eigenvalue weighted by Gasteiger charge is -2.18. The Bertz CT molecular complexity index is 601. The van der Waals surface area contributed by atoms with Crippen molar-refractivity contribution in [1.82, 2.24) is 9.55 Å². The van der Waals surface area contributed by atoms with Crippen molar-refractivity contribution in [3.8, 4) is 0 Å². The van der Waals surface area contributed by atoms with Crippen LogP contribution in [0.15, 0.2) is 24.3 Å². The van der Waals surface area contributed by atoms with Crippen LogP contribution in [0.1, 0.15) is 41.7 Å². The summed E-state index contributed by atoms with van der Waals surface area (Å²) >= 11 is 0. The second-order valence-electron chi connectivity index (χ2n) is 5.55. The molecule has 0 fully saturated rings. The molecule has 2 aromatic rings. The summed E-state index contributed by atoms with van der Waals surface area (Å²) in [6.45, 7) is 2.59. The number of benzene rings is 1. The van der Waals surface area contributed by atoms with Crippen LogP contribution in [0.3, 0.4) is 0 Å². The van der Waals surface area contributed by atoms with Gasteiger partial charge in [0, 0.05) is 11.4 Å². The van der Waals surface area contributed by atoms with Crippen molar-refractivity contribution in [3.63, 3.8) is 0 Å². The molecule has 20 heavy (non-hydrogen) atoms. The smallest absolute Gasteiger partial charge is 0.106 e. The number of nitrogen functional groups attached to an aromatic ring is 1. The lowest BCUT2D eigenvalue weighted by molar-refractivity contribution is 0.154. The molecule has 0 saturated heterocycles. The number of aromatic nitrogens is 2. The van der Waals surface area contributed by atoms with E-state index in [0.717, 1.165) is 29.9 Å². The van der Waals surface area contributed by atoms with E-state index in [9.17, 15) is 5.11 Å². The predicted molar refractivity (Wildman–Crippen MR) is 79.4 cm³/mol. The van der Waals surface area contributed by atoms with Crippen LogP contribution in [0.25, 0.3) is 0 Å². The van der Waals surface area contributed by atoms with Crippen LogP contribution in [0.2, 0.25) is 0 Å². The zero-order chi connectivity index (χ0) is 14.1. The van der Waals surface area contributed by atoms with Gasteiger partial charge in [-0.3, -0.25) is 0 Å². The number of fused-ring (bicyclic) bond motifs is 1. The molecule has 4 nitrogen and oxygen atoms in total. The summed E-state index contributed by atoms with van der Waals surface area (Å²) in [5.41, 5.74) is 9.83. The van der Waals surface area contributed by atoms with Crippen molar-refractivity contribution < 1.29 is 5.11 Å². The van der Waals surface area contributed by atoms with Crippen LogP contribution in [0, 0.1) is 6.92 Å². The average Bonchev–Trinajstić information content (AvgIpc) is 2.76. The summed E-state index contributed by atoms with van der Waals surface area (Å²) in [4.78, 5) is 4.64. The van der Waals surface area contributed by atoms with Gasteiger partial charge >= 0.3 is 0 Å². The zero-order valence-corrected chi connectivity index (χ0v) is 11.8. The Labute approximate surface area is 119 Å². The topological polar surface area (TPSA) is 64.1 Å². The molecule has 0 saturated carbocycles. The Hall–Kier alpha value is -1.81. The van der Waals surface area contributed by atoms with Gasteiger partial charge in [0.2, 0.25) is 0 Å². The van der Waals surface area contributed by atoms with Crippen molar-refractivity contribution in [2.45, 2.75) is 45.3 Å². The van der Waals surface area contributed by atoms with Gasteiger partial charge in [0.15, 0.2) is 0 Å². The maximum Gasteiger partial charge on any atom is 0.106 e. The van der Waals surface area contributed by atoms with Crippen molar-refractivity contribution in [2.75, 3.05) is 5.73 Å². The highest BCUT2D eigenvalue weighted by Crippen LogP contribution is 2.25. The molecular weight excluding hydrogens is 250 g/mol. The molecular formula is C16H21N3O. The van der Waals surface area contributed by atoms with E-state index in [1.807, 2.05) is 31.2 Å². The molecule has 0 aliphatic heterocycles. The number of nitrogens with zero attached hydrogens (tertiary/aromatic N) is 2. The number of aliphatic hydroxyl groups is 1. The van der Waals surface area contributed by atoms with Crippen molar-refractivity contribution in [2.24, 2.45) is 0 Å². The summed E-state index contributed by atoms with van der Waals surface area (Å²) in [5.74, 6) is 1.01. The minimum Gasteiger partial charge on any atom is -0.399 e. The van der Waals surface area contributed by atoms with Crippen LogP contribution < -0.4 is 5.73 Å². The molecule has 1 heterocycles. The first kappa shape index (κ1) is 13.2. The fourth-order valence-electron chi connectivity index (χ4n) is 2.97. The van der Waals surface area contributed by atoms with E-state index in [1.165, 1.54) is 24.2 Å². The molecule has 1 atom stereocenters. The highest BCUT2D eigenvalue weighted by molar-refractivity contribution is 5.39. The molecule has 1 aromatic heterocycles. The van der Waals surface area contributed by atoms with E-state index in [2.05, 4.69) is 9.55 Å². The van der Waals surface area contributed by atoms with Gasteiger partial charge < -0.3 is 15.4 Å². The molecule has 3 rings (SSSR count). The Balaban J connectivity index is 1.84. The SMILES string of the molecule is Cc1nc2c(n1CC(O)c1ccc(N)cc1)CCCC2. The highest BCUT2D eigenvalue weighted by atomic mass is 16.3. The zero-order valence-electron chi connectivity index (χ0n) is 11.8. The Morgan fingerprint density at radius 2 is 1.95 bits per heavy atom. The van der Waals surface area contributed by atoms with Gasteiger partial charge in [0.1, 0.15) is 5.82 Å². The lowest BCUT2D eigenvalue weighted by atomic mass is 10.0. The molecule has 4 heteroatoms. The van der Waals surface area contributed by atoms with Gasteiger partial charge in [-0.1, -0.05) is 12.1 Å². The standard InChI is InChI=1S/C16H21N3O/c1-11-18-14-4-2-3-5-15(14)19(11)10-16(20)12-6-8-13(17)9-7-12/h6-9,16,20H,2-5,10,17H2,1H3. The van der Waals surface area contributed by atoms with Crippen molar-refractivity contribution >= 4 is 5.69 Å². The van der Waals surface area contributed by atoms with Crippen LogP contribution >= 0.6 is 0 Å². The minimum absolute atomic E-state index is 0.519. The summed E-state index contributed by atoms with van der Waals surface area (Å²) in [6, 6.07) is 7.43. The molecule has 0 spiro atoms. The van der Waals surface area contributed by atoms with Gasteiger partial charge in [0.25, 0.3) is 0 Å². The van der Waals surface area contributed by atoms with E-state index in [1.54, 1.807) is 0 Å². The number of imidazole rings is 1. The van der Waals surface area contributed by atoms with Crippen LogP contribution in [-0.4, -0.2) is 14.7 Å².